The summed E-state index contributed by atoms with van der Waals surface area (Å²) < 4.78 is 2.01. The number of hydrogen-bond donors (Lipinski definition) is 0. The number of carbonyl (C=O) groups excluding carboxylic acids is 1. The Morgan fingerprint density at radius 1 is 0.605 bits per heavy atom. The predicted octanol–water partition coefficient (Wildman–Crippen LogP) is 11.6. The first-order valence-electron chi connectivity index (χ1n) is 19.3. The molecule has 0 bridgehead atoms. The van der Waals surface area contributed by atoms with Crippen molar-refractivity contribution in [3.63, 3.8) is 0 Å². The number of rotatable bonds is 6. The average Bonchev–Trinajstić information content (AvgIpc) is 3.55. The van der Waals surface area contributed by atoms with Crippen LogP contribution in [0.15, 0.2) is 6.20 Å². The van der Waals surface area contributed by atoms with Crippen molar-refractivity contribution in [2.45, 2.75) is 200 Å². The number of aryl methyl sites for hydroxylation is 1. The Morgan fingerprint density at radius 3 is 1.30 bits per heavy atom. The molecule has 1 heterocycles. The van der Waals surface area contributed by atoms with Gasteiger partial charge in [-0.05, 0) is 36.5 Å². The molecule has 5 fully saturated rings. The molecule has 5 aliphatic carbocycles. The van der Waals surface area contributed by atoms with Crippen LogP contribution in [0.3, 0.4) is 0 Å². The largest absolute Gasteiger partial charge is 0.299 e. The minimum atomic E-state index is -0.251. The molecule has 0 N–H and O–H groups in total. The fourth-order valence-corrected chi connectivity index (χ4v) is 8.99. The maximum atomic E-state index is 11.9. The second-order valence-electron chi connectivity index (χ2n) is 16.2. The molecule has 0 aromatic carbocycles. The van der Waals surface area contributed by atoms with Crippen molar-refractivity contribution in [3.8, 4) is 0 Å². The zero-order chi connectivity index (χ0) is 30.3. The van der Waals surface area contributed by atoms with Crippen molar-refractivity contribution in [1.82, 2.24) is 15.0 Å². The van der Waals surface area contributed by atoms with Gasteiger partial charge in [0.1, 0.15) is 5.78 Å². The molecule has 246 valence electrons. The first-order valence-corrected chi connectivity index (χ1v) is 19.3. The van der Waals surface area contributed by atoms with Gasteiger partial charge in [0.05, 0.1) is 11.7 Å². The third-order valence-electron chi connectivity index (χ3n) is 11.9. The van der Waals surface area contributed by atoms with E-state index in [4.69, 9.17) is 0 Å². The number of Topliss-reactive ketones (excluding diaryl/α,β-unsaturated/α-hetero) is 1. The lowest BCUT2D eigenvalue weighted by Crippen LogP contribution is -2.20. The Morgan fingerprint density at radius 2 is 0.953 bits per heavy atom. The van der Waals surface area contributed by atoms with E-state index in [0.29, 0.717) is 24.7 Å². The van der Waals surface area contributed by atoms with E-state index in [1.807, 2.05) is 31.6 Å². The lowest BCUT2D eigenvalue weighted by Gasteiger charge is -2.32. The average molecular weight is 596 g/mol. The highest BCUT2D eigenvalue weighted by Gasteiger charge is 2.26. The van der Waals surface area contributed by atoms with Crippen LogP contribution in [0.4, 0.5) is 0 Å². The zero-order valence-electron chi connectivity index (χ0n) is 28.8. The molecular weight excluding hydrogens is 526 g/mol. The summed E-state index contributed by atoms with van der Waals surface area (Å²) in [4.78, 5) is 11.9. The number of ketones is 1. The van der Waals surface area contributed by atoms with Gasteiger partial charge in [-0.1, -0.05) is 174 Å². The normalized spacial score (nSPS) is 24.0. The molecule has 5 saturated carbocycles. The van der Waals surface area contributed by atoms with E-state index in [1.54, 1.807) is 51.4 Å². The Bertz CT molecular complexity index is 807. The molecule has 43 heavy (non-hydrogen) atoms. The van der Waals surface area contributed by atoms with Crippen molar-refractivity contribution in [3.05, 3.63) is 11.9 Å². The highest BCUT2D eigenvalue weighted by Crippen LogP contribution is 2.39. The van der Waals surface area contributed by atoms with Crippen LogP contribution in [0.1, 0.15) is 199 Å². The summed E-state index contributed by atoms with van der Waals surface area (Å²) in [5.74, 6) is 4.84. The zero-order valence-corrected chi connectivity index (χ0v) is 28.8. The van der Waals surface area contributed by atoms with Gasteiger partial charge >= 0.3 is 0 Å². The monoisotopic (exact) mass is 596 g/mol. The third kappa shape index (κ3) is 12.3. The molecule has 0 radical (unpaired) electrons. The van der Waals surface area contributed by atoms with Crippen molar-refractivity contribution in [2.24, 2.45) is 29.1 Å². The molecule has 0 spiro atoms. The van der Waals surface area contributed by atoms with Gasteiger partial charge in [0, 0.05) is 24.5 Å². The minimum absolute atomic E-state index is 0.251. The third-order valence-corrected chi connectivity index (χ3v) is 11.9. The first kappa shape index (κ1) is 34.7. The van der Waals surface area contributed by atoms with Crippen LogP contribution in [-0.4, -0.2) is 20.8 Å². The quantitative estimate of drug-likeness (QED) is 0.329. The lowest BCUT2D eigenvalue weighted by atomic mass is 9.73. The van der Waals surface area contributed by atoms with Gasteiger partial charge in [-0.3, -0.25) is 4.79 Å². The molecular formula is C39H69N3O. The number of nitrogens with zero attached hydrogens (tertiary/aromatic N) is 3. The fraction of sp³-hybridized carbons (Fsp3) is 0.923. The van der Waals surface area contributed by atoms with Crippen molar-refractivity contribution >= 4 is 5.78 Å². The Balaban J connectivity index is 0.000000154. The van der Waals surface area contributed by atoms with Crippen molar-refractivity contribution in [2.75, 3.05) is 0 Å². The summed E-state index contributed by atoms with van der Waals surface area (Å²) in [6.45, 7) is 5.90. The highest BCUT2D eigenvalue weighted by atomic mass is 16.1. The summed E-state index contributed by atoms with van der Waals surface area (Å²) in [5, 5.41) is 8.44. The summed E-state index contributed by atoms with van der Waals surface area (Å²) >= 11 is 0. The van der Waals surface area contributed by atoms with Gasteiger partial charge in [-0.15, -0.1) is 5.10 Å². The van der Waals surface area contributed by atoms with E-state index in [9.17, 15) is 4.79 Å². The molecule has 4 nitrogen and oxygen atoms in total. The van der Waals surface area contributed by atoms with E-state index in [0.717, 1.165) is 29.4 Å². The van der Waals surface area contributed by atoms with Gasteiger partial charge in [0.15, 0.2) is 0 Å². The molecule has 5 aliphatic rings. The van der Waals surface area contributed by atoms with Crippen LogP contribution in [0.5, 0.6) is 0 Å². The van der Waals surface area contributed by atoms with Gasteiger partial charge in [-0.2, -0.15) is 0 Å². The summed E-state index contributed by atoms with van der Waals surface area (Å²) in [5.41, 5.74) is 0.697. The summed E-state index contributed by atoms with van der Waals surface area (Å²) in [7, 11) is 0. The molecule has 0 aliphatic heterocycles. The van der Waals surface area contributed by atoms with Crippen LogP contribution >= 0.6 is 0 Å². The van der Waals surface area contributed by atoms with E-state index < -0.39 is 0 Å². The molecule has 4 heteroatoms. The Hall–Kier alpha value is -1.19. The Labute approximate surface area is 266 Å². The van der Waals surface area contributed by atoms with Crippen LogP contribution in [0, 0.1) is 29.1 Å². The van der Waals surface area contributed by atoms with Gasteiger partial charge < -0.3 is 0 Å². The van der Waals surface area contributed by atoms with E-state index in [1.165, 1.54) is 109 Å². The maximum absolute atomic E-state index is 11.9. The second kappa shape index (κ2) is 18.7. The standard InChI is InChI=1S/C15H25N3O.2C12H22/c1-15(2,3)14(19)10-9-12-11-18(17-16-12)13-7-5-4-6-8-13;2*1-3-7-11(8-4-1)12-9-5-2-6-10-12/h11,13H,4-10H2,1-3H3;2*11-12H,1-10H2. The van der Waals surface area contributed by atoms with Crippen molar-refractivity contribution in [1.29, 1.82) is 0 Å². The maximum Gasteiger partial charge on any atom is 0.138 e. The molecule has 1 aromatic heterocycles. The number of aromatic nitrogens is 3. The second-order valence-corrected chi connectivity index (χ2v) is 16.2. The van der Waals surface area contributed by atoms with Crippen LogP contribution in [-0.2, 0) is 11.2 Å². The van der Waals surface area contributed by atoms with Crippen molar-refractivity contribution < 1.29 is 4.79 Å². The van der Waals surface area contributed by atoms with E-state index >= 15 is 0 Å². The van der Waals surface area contributed by atoms with Gasteiger partial charge in [0.2, 0.25) is 0 Å². The minimum Gasteiger partial charge on any atom is -0.299 e. The molecule has 0 atom stereocenters. The number of hydrogen-bond acceptors (Lipinski definition) is 3. The van der Waals surface area contributed by atoms with E-state index in [2.05, 4.69) is 10.3 Å². The molecule has 1 aromatic rings. The highest BCUT2D eigenvalue weighted by molar-refractivity contribution is 5.83. The van der Waals surface area contributed by atoms with Gasteiger partial charge in [0.25, 0.3) is 0 Å². The first-order chi connectivity index (χ1) is 20.9. The van der Waals surface area contributed by atoms with Gasteiger partial charge in [-0.25, -0.2) is 4.68 Å². The molecule has 6 rings (SSSR count). The van der Waals surface area contributed by atoms with Crippen LogP contribution in [0.25, 0.3) is 0 Å². The molecule has 0 unspecified atom stereocenters. The lowest BCUT2D eigenvalue weighted by molar-refractivity contribution is -0.126. The smallest absolute Gasteiger partial charge is 0.138 e. The van der Waals surface area contributed by atoms with Crippen LogP contribution < -0.4 is 0 Å². The predicted molar refractivity (Wildman–Crippen MR) is 181 cm³/mol. The topological polar surface area (TPSA) is 47.8 Å². The molecule has 0 saturated heterocycles. The summed E-state index contributed by atoms with van der Waals surface area (Å²) in [6.07, 6.45) is 40.4. The van der Waals surface area contributed by atoms with Crippen LogP contribution in [0.2, 0.25) is 0 Å². The van der Waals surface area contributed by atoms with E-state index in [-0.39, 0.29) is 5.41 Å². The Kier molecular flexibility index (Phi) is 15.1. The SMILES string of the molecule is C1CCC(C2CCCCC2)CC1.C1CCC(C2CCCCC2)CC1.CC(C)(C)C(=O)CCc1cn(C2CCCCC2)nn1. The summed E-state index contributed by atoms with van der Waals surface area (Å²) in [6, 6.07) is 0.522. The number of carbonyl (C=O) groups is 1. The molecule has 0 amide bonds. The fourth-order valence-electron chi connectivity index (χ4n) is 8.99.